The van der Waals surface area contributed by atoms with Crippen LogP contribution in [0.1, 0.15) is 84.1 Å². The fourth-order valence-corrected chi connectivity index (χ4v) is 4.70. The molecule has 1 aliphatic rings. The molecular weight excluding hydrogens is 334 g/mol. The van der Waals surface area contributed by atoms with E-state index in [1.165, 1.54) is 34.6 Å². The van der Waals surface area contributed by atoms with E-state index in [1.807, 2.05) is 0 Å². The maximum Gasteiger partial charge on any atom is 0.0286 e. The Morgan fingerprint density at radius 2 is 1.77 bits per heavy atom. The highest BCUT2D eigenvalue weighted by molar-refractivity contribution is 7.99. The van der Waals surface area contributed by atoms with Crippen molar-refractivity contribution in [3.8, 4) is 0 Å². The van der Waals surface area contributed by atoms with Crippen LogP contribution in [0.15, 0.2) is 42.1 Å². The molecule has 1 aromatic rings. The van der Waals surface area contributed by atoms with E-state index < -0.39 is 0 Å². The molecule has 0 heterocycles. The van der Waals surface area contributed by atoms with Gasteiger partial charge in [0.05, 0.1) is 0 Å². The molecule has 0 aromatic heterocycles. The van der Waals surface area contributed by atoms with Gasteiger partial charge >= 0.3 is 0 Å². The van der Waals surface area contributed by atoms with Crippen LogP contribution in [0.25, 0.3) is 5.57 Å². The topological polar surface area (TPSA) is 12.0 Å². The second-order valence-electron chi connectivity index (χ2n) is 9.62. The SMILES string of the molecule is CC(SCCC(C)(C)C)c1ccccc1C1=C(NC(C)(C)C)CCC=C1. The minimum Gasteiger partial charge on any atom is -0.383 e. The third-order valence-electron chi connectivity index (χ3n) is 4.61. The molecule has 2 rings (SSSR count). The average molecular weight is 372 g/mol. The quantitative estimate of drug-likeness (QED) is 0.560. The minimum atomic E-state index is 0.0911. The molecule has 2 heteroatoms. The van der Waals surface area contributed by atoms with Gasteiger partial charge in [-0.05, 0) is 69.3 Å². The lowest BCUT2D eigenvalue weighted by Gasteiger charge is -2.29. The molecule has 26 heavy (non-hydrogen) atoms. The maximum atomic E-state index is 3.76. The van der Waals surface area contributed by atoms with Gasteiger partial charge in [0.25, 0.3) is 0 Å². The van der Waals surface area contributed by atoms with Gasteiger partial charge < -0.3 is 5.32 Å². The Labute approximate surface area is 165 Å². The molecule has 0 saturated heterocycles. The average Bonchev–Trinajstić information content (AvgIpc) is 2.52. The molecule has 1 atom stereocenters. The molecular formula is C24H37NS. The molecule has 0 aliphatic heterocycles. The third kappa shape index (κ3) is 6.54. The number of hydrogen-bond donors (Lipinski definition) is 1. The summed E-state index contributed by atoms with van der Waals surface area (Å²) in [5, 5.41) is 4.26. The summed E-state index contributed by atoms with van der Waals surface area (Å²) in [6, 6.07) is 8.97. The normalized spacial score (nSPS) is 16.7. The molecule has 1 aliphatic carbocycles. The predicted octanol–water partition coefficient (Wildman–Crippen LogP) is 7.37. The van der Waals surface area contributed by atoms with E-state index in [4.69, 9.17) is 0 Å². The van der Waals surface area contributed by atoms with Gasteiger partial charge in [0.15, 0.2) is 0 Å². The van der Waals surface area contributed by atoms with Gasteiger partial charge in [-0.3, -0.25) is 0 Å². The highest BCUT2D eigenvalue weighted by atomic mass is 32.2. The zero-order valence-electron chi connectivity index (χ0n) is 17.8. The zero-order valence-corrected chi connectivity index (χ0v) is 18.6. The summed E-state index contributed by atoms with van der Waals surface area (Å²) in [6.07, 6.45) is 8.12. The van der Waals surface area contributed by atoms with E-state index in [0.717, 1.165) is 12.8 Å². The summed E-state index contributed by atoms with van der Waals surface area (Å²) in [7, 11) is 0. The van der Waals surface area contributed by atoms with Gasteiger partial charge in [0.1, 0.15) is 0 Å². The van der Waals surface area contributed by atoms with Crippen LogP contribution >= 0.6 is 11.8 Å². The smallest absolute Gasteiger partial charge is 0.0286 e. The van der Waals surface area contributed by atoms with E-state index in [1.54, 1.807) is 0 Å². The van der Waals surface area contributed by atoms with Crippen LogP contribution in [0.3, 0.4) is 0 Å². The monoisotopic (exact) mass is 371 g/mol. The second kappa shape index (κ2) is 8.69. The Balaban J connectivity index is 2.28. The fourth-order valence-electron chi connectivity index (χ4n) is 3.23. The standard InChI is InChI=1S/C24H37NS/c1-18(26-17-16-23(2,3)4)19-12-8-9-13-20(19)21-14-10-11-15-22(21)25-24(5,6)7/h8-10,12-14,18,25H,11,15-17H2,1-7H3. The van der Waals surface area contributed by atoms with Crippen molar-refractivity contribution in [2.24, 2.45) is 5.41 Å². The van der Waals surface area contributed by atoms with Crippen molar-refractivity contribution in [3.05, 3.63) is 53.2 Å². The minimum absolute atomic E-state index is 0.0911. The van der Waals surface area contributed by atoms with Crippen molar-refractivity contribution in [3.63, 3.8) is 0 Å². The van der Waals surface area contributed by atoms with Crippen LogP contribution in [-0.2, 0) is 0 Å². The second-order valence-corrected chi connectivity index (χ2v) is 11.1. The summed E-state index contributed by atoms with van der Waals surface area (Å²) in [5.41, 5.74) is 6.12. The lowest BCUT2D eigenvalue weighted by atomic mass is 9.91. The Hall–Kier alpha value is -1.15. The van der Waals surface area contributed by atoms with Gasteiger partial charge in [-0.15, -0.1) is 0 Å². The predicted molar refractivity (Wildman–Crippen MR) is 120 cm³/mol. The Bertz CT molecular complexity index is 656. The highest BCUT2D eigenvalue weighted by Crippen LogP contribution is 2.38. The highest BCUT2D eigenvalue weighted by Gasteiger charge is 2.20. The van der Waals surface area contributed by atoms with Crippen molar-refractivity contribution < 1.29 is 0 Å². The van der Waals surface area contributed by atoms with Crippen molar-refractivity contribution >= 4 is 17.3 Å². The summed E-state index contributed by atoms with van der Waals surface area (Å²) < 4.78 is 0. The first-order valence-corrected chi connectivity index (χ1v) is 11.0. The Morgan fingerprint density at radius 3 is 2.42 bits per heavy atom. The number of nitrogens with one attached hydrogen (secondary N) is 1. The van der Waals surface area contributed by atoms with Crippen LogP contribution in [0.5, 0.6) is 0 Å². The van der Waals surface area contributed by atoms with E-state index in [9.17, 15) is 0 Å². The fraction of sp³-hybridized carbons (Fsp3) is 0.583. The van der Waals surface area contributed by atoms with Gasteiger partial charge in [0.2, 0.25) is 0 Å². The van der Waals surface area contributed by atoms with Crippen LogP contribution in [0, 0.1) is 5.41 Å². The number of rotatable bonds is 6. The van der Waals surface area contributed by atoms with E-state index in [2.05, 4.69) is 102 Å². The summed E-state index contributed by atoms with van der Waals surface area (Å²) in [4.78, 5) is 0. The Morgan fingerprint density at radius 1 is 1.08 bits per heavy atom. The first-order chi connectivity index (χ1) is 12.1. The van der Waals surface area contributed by atoms with Crippen LogP contribution < -0.4 is 5.32 Å². The molecule has 0 spiro atoms. The third-order valence-corrected chi connectivity index (χ3v) is 5.80. The van der Waals surface area contributed by atoms with E-state index in [0.29, 0.717) is 10.7 Å². The van der Waals surface area contributed by atoms with Crippen LogP contribution in [0.2, 0.25) is 0 Å². The van der Waals surface area contributed by atoms with Gasteiger partial charge in [-0.1, -0.05) is 57.2 Å². The summed E-state index contributed by atoms with van der Waals surface area (Å²) >= 11 is 2.08. The van der Waals surface area contributed by atoms with E-state index in [-0.39, 0.29) is 5.54 Å². The van der Waals surface area contributed by atoms with Gasteiger partial charge in [-0.25, -0.2) is 0 Å². The summed E-state index contributed by atoms with van der Waals surface area (Å²) in [5.74, 6) is 1.21. The van der Waals surface area contributed by atoms with Crippen LogP contribution in [-0.4, -0.2) is 11.3 Å². The molecule has 1 nitrogen and oxygen atoms in total. The molecule has 0 bridgehead atoms. The number of benzene rings is 1. The molecule has 1 aromatic carbocycles. The number of hydrogen-bond acceptors (Lipinski definition) is 2. The lowest BCUT2D eigenvalue weighted by Crippen LogP contribution is -2.35. The summed E-state index contributed by atoms with van der Waals surface area (Å²) in [6.45, 7) is 16.1. The first kappa shape index (κ1) is 21.2. The molecule has 0 fully saturated rings. The molecule has 1 unspecified atom stereocenters. The molecule has 144 valence electrons. The number of thioether (sulfide) groups is 1. The maximum absolute atomic E-state index is 3.76. The van der Waals surface area contributed by atoms with Crippen molar-refractivity contribution in [1.82, 2.24) is 5.32 Å². The van der Waals surface area contributed by atoms with Crippen LogP contribution in [0.4, 0.5) is 0 Å². The molecule has 0 saturated carbocycles. The lowest BCUT2D eigenvalue weighted by molar-refractivity contribution is 0.401. The van der Waals surface area contributed by atoms with Crippen molar-refractivity contribution in [2.45, 2.75) is 78.5 Å². The van der Waals surface area contributed by atoms with Crippen molar-refractivity contribution in [1.29, 1.82) is 0 Å². The molecule has 1 N–H and O–H groups in total. The zero-order chi connectivity index (χ0) is 19.4. The molecule has 0 radical (unpaired) electrons. The van der Waals surface area contributed by atoms with Gasteiger partial charge in [-0.2, -0.15) is 11.8 Å². The first-order valence-electron chi connectivity index (χ1n) is 9.96. The molecule has 0 amide bonds. The van der Waals surface area contributed by atoms with Crippen molar-refractivity contribution in [2.75, 3.05) is 5.75 Å². The van der Waals surface area contributed by atoms with Gasteiger partial charge in [0, 0.05) is 22.1 Å². The Kier molecular flexibility index (Phi) is 7.07. The number of allylic oxidation sites excluding steroid dienone is 4. The largest absolute Gasteiger partial charge is 0.383 e. The van der Waals surface area contributed by atoms with E-state index >= 15 is 0 Å².